The summed E-state index contributed by atoms with van der Waals surface area (Å²) in [6.45, 7) is 5.17. The number of aliphatic hydroxyl groups excluding tert-OH is 1. The van der Waals surface area contributed by atoms with Crippen LogP contribution in [0.4, 0.5) is 0 Å². The van der Waals surface area contributed by atoms with Crippen molar-refractivity contribution in [3.8, 4) is 0 Å². The Balaban J connectivity index is 3.27. The first kappa shape index (κ1) is 16.4. The number of aromatic amines is 1. The number of aromatic nitrogens is 1. The van der Waals surface area contributed by atoms with Crippen LogP contribution in [0.15, 0.2) is 9.00 Å². The Hall–Kier alpha value is -0.700. The molecule has 6 nitrogen and oxygen atoms in total. The molecule has 1 aromatic rings. The van der Waals surface area contributed by atoms with Gasteiger partial charge in [0.2, 0.25) is 0 Å². The number of thiazole rings is 1. The number of aryl methyl sites for hydroxylation is 1. The zero-order chi connectivity index (χ0) is 14.6. The van der Waals surface area contributed by atoms with Gasteiger partial charge in [0.25, 0.3) is 10.0 Å². The van der Waals surface area contributed by atoms with Gasteiger partial charge >= 0.3 is 4.87 Å². The summed E-state index contributed by atoms with van der Waals surface area (Å²) in [5.74, 6) is 0. The lowest BCUT2D eigenvalue weighted by atomic mass is 10.2. The lowest BCUT2D eigenvalue weighted by Crippen LogP contribution is -2.41. The number of hydrogen-bond donors (Lipinski definition) is 2. The molecule has 0 aromatic carbocycles. The largest absolute Gasteiger partial charge is 0.395 e. The molecule has 0 aliphatic carbocycles. The molecule has 0 radical (unpaired) electrons. The highest BCUT2D eigenvalue weighted by Crippen LogP contribution is 2.24. The summed E-state index contributed by atoms with van der Waals surface area (Å²) in [5, 5.41) is 9.09. The first-order valence-corrected chi connectivity index (χ1v) is 8.46. The second-order valence-corrected chi connectivity index (χ2v) is 7.31. The first-order chi connectivity index (χ1) is 8.88. The minimum absolute atomic E-state index is 0.0397. The summed E-state index contributed by atoms with van der Waals surface area (Å²) in [7, 11) is -3.74. The minimum atomic E-state index is -3.74. The molecule has 0 amide bonds. The minimum Gasteiger partial charge on any atom is -0.395 e. The number of sulfonamides is 1. The van der Waals surface area contributed by atoms with E-state index in [1.807, 2.05) is 13.8 Å². The van der Waals surface area contributed by atoms with Gasteiger partial charge in [-0.05, 0) is 19.8 Å². The van der Waals surface area contributed by atoms with Gasteiger partial charge in [-0.2, -0.15) is 4.31 Å². The monoisotopic (exact) mass is 308 g/mol. The Bertz CT molecular complexity index is 557. The van der Waals surface area contributed by atoms with E-state index in [2.05, 4.69) is 4.98 Å². The van der Waals surface area contributed by atoms with Crippen molar-refractivity contribution in [2.45, 2.75) is 43.9 Å². The van der Waals surface area contributed by atoms with E-state index in [1.54, 1.807) is 6.92 Å². The van der Waals surface area contributed by atoms with E-state index >= 15 is 0 Å². The molecule has 0 aliphatic heterocycles. The number of nitrogens with one attached hydrogen (secondary N) is 1. The van der Waals surface area contributed by atoms with Crippen LogP contribution in [-0.2, 0) is 10.0 Å². The molecule has 1 heterocycles. The zero-order valence-electron chi connectivity index (χ0n) is 11.3. The topological polar surface area (TPSA) is 90.5 Å². The Morgan fingerprint density at radius 3 is 2.32 bits per heavy atom. The van der Waals surface area contributed by atoms with Crippen LogP contribution in [0.1, 0.15) is 32.4 Å². The lowest BCUT2D eigenvalue weighted by Gasteiger charge is -2.28. The molecule has 8 heteroatoms. The molecular weight excluding hydrogens is 288 g/mol. The molecular formula is C11H20N2O4S2. The number of H-pyrrole nitrogens is 1. The highest BCUT2D eigenvalue weighted by atomic mass is 32.2. The van der Waals surface area contributed by atoms with Crippen molar-refractivity contribution in [3.05, 3.63) is 15.4 Å². The summed E-state index contributed by atoms with van der Waals surface area (Å²) in [5.41, 5.74) is 0.351. The molecule has 0 atom stereocenters. The van der Waals surface area contributed by atoms with Crippen LogP contribution in [0, 0.1) is 6.92 Å². The van der Waals surface area contributed by atoms with Gasteiger partial charge in [0.1, 0.15) is 0 Å². The summed E-state index contributed by atoms with van der Waals surface area (Å²) < 4.78 is 26.5. The van der Waals surface area contributed by atoms with Crippen LogP contribution in [0.3, 0.4) is 0 Å². The number of nitrogens with zero attached hydrogens (tertiary/aromatic N) is 1. The predicted octanol–water partition coefficient (Wildman–Crippen LogP) is 0.916. The third kappa shape index (κ3) is 3.44. The molecule has 0 unspecified atom stereocenters. The van der Waals surface area contributed by atoms with Crippen molar-refractivity contribution >= 4 is 21.4 Å². The third-order valence-electron chi connectivity index (χ3n) is 2.99. The van der Waals surface area contributed by atoms with Gasteiger partial charge in [-0.1, -0.05) is 25.2 Å². The molecule has 0 aliphatic rings. The van der Waals surface area contributed by atoms with E-state index in [0.29, 0.717) is 29.9 Å². The van der Waals surface area contributed by atoms with Gasteiger partial charge in [-0.25, -0.2) is 8.42 Å². The summed E-state index contributed by atoms with van der Waals surface area (Å²) in [6.07, 6.45) is 1.32. The van der Waals surface area contributed by atoms with Crippen LogP contribution >= 0.6 is 11.3 Å². The van der Waals surface area contributed by atoms with Gasteiger partial charge in [-0.3, -0.25) is 4.79 Å². The van der Waals surface area contributed by atoms with Crippen molar-refractivity contribution in [2.75, 3.05) is 13.2 Å². The fourth-order valence-corrected chi connectivity index (χ4v) is 5.21. The summed E-state index contributed by atoms with van der Waals surface area (Å²) in [6, 6.07) is -0.172. The fraction of sp³-hybridized carbons (Fsp3) is 0.727. The maximum Gasteiger partial charge on any atom is 0.305 e. The molecule has 0 spiro atoms. The zero-order valence-corrected chi connectivity index (χ0v) is 13.0. The SMILES string of the molecule is CCC(CC)N(CCO)S(=O)(=O)c1sc(=O)[nH]c1C. The van der Waals surface area contributed by atoms with Gasteiger partial charge in [0.05, 0.1) is 6.61 Å². The van der Waals surface area contributed by atoms with Crippen LogP contribution in [-0.4, -0.2) is 42.0 Å². The molecule has 0 bridgehead atoms. The molecule has 1 aromatic heterocycles. The molecule has 2 N–H and O–H groups in total. The van der Waals surface area contributed by atoms with Crippen LogP contribution < -0.4 is 4.87 Å². The predicted molar refractivity (Wildman–Crippen MR) is 75.0 cm³/mol. The van der Waals surface area contributed by atoms with Crippen molar-refractivity contribution in [3.63, 3.8) is 0 Å². The van der Waals surface area contributed by atoms with Crippen molar-refractivity contribution in [1.29, 1.82) is 0 Å². The van der Waals surface area contributed by atoms with E-state index in [-0.39, 0.29) is 28.3 Å². The molecule has 0 saturated heterocycles. The number of aliphatic hydroxyl groups is 1. The van der Waals surface area contributed by atoms with E-state index in [0.717, 1.165) is 0 Å². The average Bonchev–Trinajstić information content (AvgIpc) is 2.69. The Morgan fingerprint density at radius 2 is 1.95 bits per heavy atom. The van der Waals surface area contributed by atoms with E-state index in [9.17, 15) is 13.2 Å². The molecule has 110 valence electrons. The third-order valence-corrected chi connectivity index (χ3v) is 6.53. The Morgan fingerprint density at radius 1 is 1.37 bits per heavy atom. The standard InChI is InChI=1S/C11H20N2O4S2/c1-4-9(5-2)13(6-7-14)19(16,17)10-8(3)12-11(15)18-10/h9,14H,4-7H2,1-3H3,(H,12,15). The molecule has 1 rings (SSSR count). The van der Waals surface area contributed by atoms with Crippen LogP contribution in [0.2, 0.25) is 0 Å². The maximum atomic E-state index is 12.6. The van der Waals surface area contributed by atoms with E-state index < -0.39 is 10.0 Å². The Kier molecular flexibility index (Phi) is 5.72. The van der Waals surface area contributed by atoms with Crippen LogP contribution in [0.25, 0.3) is 0 Å². The molecule has 0 fully saturated rings. The highest BCUT2D eigenvalue weighted by molar-refractivity contribution is 7.91. The smallest absolute Gasteiger partial charge is 0.305 e. The quantitative estimate of drug-likeness (QED) is 0.783. The summed E-state index contributed by atoms with van der Waals surface area (Å²) in [4.78, 5) is 13.4. The number of rotatable bonds is 7. The maximum absolute atomic E-state index is 12.6. The Labute approximate surface area is 117 Å². The van der Waals surface area contributed by atoms with Gasteiger partial charge < -0.3 is 10.1 Å². The van der Waals surface area contributed by atoms with Gasteiger partial charge in [-0.15, -0.1) is 0 Å². The van der Waals surface area contributed by atoms with Crippen molar-refractivity contribution < 1.29 is 13.5 Å². The molecule has 19 heavy (non-hydrogen) atoms. The first-order valence-electron chi connectivity index (χ1n) is 6.20. The van der Waals surface area contributed by atoms with Gasteiger partial charge in [0, 0.05) is 18.3 Å². The second kappa shape index (κ2) is 6.65. The average molecular weight is 308 g/mol. The van der Waals surface area contributed by atoms with Crippen LogP contribution in [0.5, 0.6) is 0 Å². The summed E-state index contributed by atoms with van der Waals surface area (Å²) >= 11 is 0.691. The van der Waals surface area contributed by atoms with Crippen molar-refractivity contribution in [1.82, 2.24) is 9.29 Å². The normalized spacial score (nSPS) is 12.5. The van der Waals surface area contributed by atoms with E-state index in [4.69, 9.17) is 5.11 Å². The molecule has 0 saturated carbocycles. The number of hydrogen-bond acceptors (Lipinski definition) is 5. The fourth-order valence-electron chi connectivity index (χ4n) is 2.04. The second-order valence-electron chi connectivity index (χ2n) is 4.24. The van der Waals surface area contributed by atoms with E-state index in [1.165, 1.54) is 4.31 Å². The van der Waals surface area contributed by atoms with Crippen molar-refractivity contribution in [2.24, 2.45) is 0 Å². The van der Waals surface area contributed by atoms with Gasteiger partial charge in [0.15, 0.2) is 4.21 Å². The lowest BCUT2D eigenvalue weighted by molar-refractivity contribution is 0.220. The highest BCUT2D eigenvalue weighted by Gasteiger charge is 2.32.